The number of carbonyl (C=O) groups is 2. The summed E-state index contributed by atoms with van der Waals surface area (Å²) < 4.78 is 45.6. The van der Waals surface area contributed by atoms with Gasteiger partial charge in [-0.05, 0) is 107 Å². The molecule has 4 aromatic carbocycles. The molecule has 3 saturated carbocycles. The van der Waals surface area contributed by atoms with Crippen LogP contribution in [0.25, 0.3) is 0 Å². The smallest absolute Gasteiger partial charge is 0.317 e. The number of hydrogen-bond acceptors (Lipinski definition) is 6. The summed E-state index contributed by atoms with van der Waals surface area (Å²) in [6, 6.07) is 34.9. The van der Waals surface area contributed by atoms with Gasteiger partial charge in [-0.2, -0.15) is 0 Å². The maximum Gasteiger partial charge on any atom is 0.317 e. The molecule has 330 valence electrons. The highest BCUT2D eigenvalue weighted by Gasteiger charge is 2.70. The average Bonchev–Trinajstić information content (AvgIpc) is 3.76. The maximum absolute atomic E-state index is 15.0. The van der Waals surface area contributed by atoms with E-state index in [2.05, 4.69) is 110 Å². The zero-order valence-corrected chi connectivity index (χ0v) is 40.4. The van der Waals surface area contributed by atoms with Crippen LogP contribution in [0, 0.1) is 47.8 Å². The molecular formula is C53H67NO6SSi. The van der Waals surface area contributed by atoms with Crippen molar-refractivity contribution in [3.63, 3.8) is 0 Å². The molecule has 3 aliphatic rings. The number of benzene rings is 4. The van der Waals surface area contributed by atoms with Crippen LogP contribution in [0.5, 0.6) is 0 Å². The van der Waals surface area contributed by atoms with Crippen molar-refractivity contribution in [2.45, 2.75) is 123 Å². The third kappa shape index (κ3) is 7.74. The third-order valence-corrected chi connectivity index (χ3v) is 22.4. The predicted molar refractivity (Wildman–Crippen MR) is 253 cm³/mol. The quantitative estimate of drug-likeness (QED) is 0.0543. The summed E-state index contributed by atoms with van der Waals surface area (Å²) in [5.41, 5.74) is 1.87. The molecule has 0 aliphatic heterocycles. The van der Waals surface area contributed by atoms with Crippen LogP contribution in [0.2, 0.25) is 5.04 Å². The molecule has 9 heteroatoms. The molecule has 3 fully saturated rings. The van der Waals surface area contributed by atoms with E-state index in [0.29, 0.717) is 25.1 Å². The molecule has 3 aliphatic carbocycles. The monoisotopic (exact) mass is 873 g/mol. The fourth-order valence-corrected chi connectivity index (χ4v) is 17.8. The predicted octanol–water partition coefficient (Wildman–Crippen LogP) is 10.4. The minimum Gasteiger partial charge on any atom is -0.459 e. The molecule has 0 heterocycles. The third-order valence-electron chi connectivity index (χ3n) is 15.5. The van der Waals surface area contributed by atoms with Crippen molar-refractivity contribution < 1.29 is 27.2 Å². The Labute approximate surface area is 372 Å². The average molecular weight is 874 g/mol. The Morgan fingerprint density at radius 2 is 1.35 bits per heavy atom. The number of sulfonamides is 1. The molecule has 0 unspecified atom stereocenters. The first-order valence-electron chi connectivity index (χ1n) is 22.4. The molecule has 62 heavy (non-hydrogen) atoms. The highest BCUT2D eigenvalue weighted by Crippen LogP contribution is 2.68. The number of Topliss-reactive ketones (excluding diaryl/α,β-unsaturated/α-hetero) is 1. The number of anilines is 1. The summed E-state index contributed by atoms with van der Waals surface area (Å²) in [5, 5.41) is 2.24. The molecule has 0 spiro atoms. The number of esters is 1. The largest absolute Gasteiger partial charge is 0.459 e. The molecule has 0 radical (unpaired) electrons. The summed E-state index contributed by atoms with van der Waals surface area (Å²) >= 11 is 0. The van der Waals surface area contributed by atoms with Gasteiger partial charge in [0.2, 0.25) is 0 Å². The molecule has 0 N–H and O–H groups in total. The number of carbonyl (C=O) groups excluding carboxylic acids is 2. The zero-order chi connectivity index (χ0) is 45.0. The van der Waals surface area contributed by atoms with E-state index in [1.807, 2.05) is 44.2 Å². The van der Waals surface area contributed by atoms with Crippen molar-refractivity contribution in [3.8, 4) is 0 Å². The first kappa shape index (κ1) is 45.7. The van der Waals surface area contributed by atoms with Crippen LogP contribution in [0.4, 0.5) is 5.69 Å². The highest BCUT2D eigenvalue weighted by atomic mass is 32.2. The lowest BCUT2D eigenvalue weighted by atomic mass is 9.70. The van der Waals surface area contributed by atoms with Crippen molar-refractivity contribution in [2.24, 2.45) is 34.0 Å². The molecule has 4 aromatic rings. The Hall–Kier alpha value is -4.31. The van der Waals surface area contributed by atoms with Gasteiger partial charge in [0, 0.05) is 24.4 Å². The van der Waals surface area contributed by atoms with Gasteiger partial charge in [0.15, 0.2) is 0 Å². The second-order valence-electron chi connectivity index (χ2n) is 20.9. The van der Waals surface area contributed by atoms with E-state index in [0.717, 1.165) is 29.5 Å². The van der Waals surface area contributed by atoms with Gasteiger partial charge in [-0.15, -0.1) is 0 Å². The van der Waals surface area contributed by atoms with Gasteiger partial charge in [0.05, 0.1) is 16.6 Å². The number of rotatable bonds is 14. The molecule has 7 nitrogen and oxygen atoms in total. The van der Waals surface area contributed by atoms with E-state index in [1.165, 1.54) is 10.4 Å². The minimum absolute atomic E-state index is 0.107. The van der Waals surface area contributed by atoms with E-state index in [4.69, 9.17) is 9.16 Å². The van der Waals surface area contributed by atoms with Crippen LogP contribution < -0.4 is 14.7 Å². The van der Waals surface area contributed by atoms with E-state index in [9.17, 15) is 9.59 Å². The summed E-state index contributed by atoms with van der Waals surface area (Å²) in [7, 11) is -6.92. The molecule has 7 rings (SSSR count). The molecule has 6 atom stereocenters. The first-order chi connectivity index (χ1) is 29.1. The standard InChI is InChI=1S/C53H67NO6SSi/c1-36-33-37(2)35-39(34-36)54(61(57,58)40-21-15-12-16-22-40)47-44-29-30-53(11,52(44,9)10)48(47)60-49(56)46-43(27-28-45(46)55)38(3)51(7,8)31-32-59-62(50(4,5)6,41-23-17-13-18-24-41)42-25-19-14-20-26-42/h12-26,33-35,43-44,46-48H,3,27-32H2,1-2,4-11H3/t43-,44-,46-,47-,48-,53+/m1/s1. The molecule has 2 bridgehead atoms. The van der Waals surface area contributed by atoms with Crippen molar-refractivity contribution >= 4 is 46.2 Å². The second kappa shape index (κ2) is 16.7. The molecule has 0 saturated heterocycles. The van der Waals surface area contributed by atoms with Crippen molar-refractivity contribution in [1.82, 2.24) is 0 Å². The van der Waals surface area contributed by atoms with Gasteiger partial charge in [-0.3, -0.25) is 13.9 Å². The van der Waals surface area contributed by atoms with Gasteiger partial charge in [-0.25, -0.2) is 8.42 Å². The first-order valence-corrected chi connectivity index (χ1v) is 25.8. The highest BCUT2D eigenvalue weighted by molar-refractivity contribution is 7.92. The van der Waals surface area contributed by atoms with Crippen LogP contribution in [0.15, 0.2) is 126 Å². The minimum atomic E-state index is -4.13. The molecule has 0 aromatic heterocycles. The van der Waals surface area contributed by atoms with Crippen LogP contribution in [-0.4, -0.2) is 47.2 Å². The Morgan fingerprint density at radius 3 is 1.89 bits per heavy atom. The number of nitrogens with zero attached hydrogens (tertiary/aromatic N) is 1. The SMILES string of the molecule is C=C([C@H]1CCC(=O)[C@@H]1C(=O)O[C@@H]1[C@H](N(c2cc(C)cc(C)c2)S(=O)(=O)c2ccccc2)[C@H]2CC[C@]1(C)C2(C)C)C(C)(C)CCO[Si](c1ccccc1)(c1ccccc1)C(C)(C)C. The van der Waals surface area contributed by atoms with Crippen molar-refractivity contribution in [2.75, 3.05) is 10.9 Å². The van der Waals surface area contributed by atoms with Crippen LogP contribution in [0.1, 0.15) is 98.6 Å². The number of allylic oxidation sites excluding steroid dienone is 1. The summed E-state index contributed by atoms with van der Waals surface area (Å²) in [6.45, 7) is 26.6. The Kier molecular flexibility index (Phi) is 12.3. The Morgan fingerprint density at radius 1 is 0.823 bits per heavy atom. The Balaban J connectivity index is 1.18. The zero-order valence-electron chi connectivity index (χ0n) is 38.5. The fraction of sp³-hybridized carbons (Fsp3) is 0.472. The molecular weight excluding hydrogens is 807 g/mol. The number of hydrogen-bond donors (Lipinski definition) is 0. The maximum atomic E-state index is 15.0. The Bertz CT molecular complexity index is 2350. The van der Waals surface area contributed by atoms with Crippen molar-refractivity contribution in [3.05, 3.63) is 132 Å². The number of ether oxygens (including phenoxy) is 1. The van der Waals surface area contributed by atoms with Crippen LogP contribution in [0.3, 0.4) is 0 Å². The normalized spacial score (nSPS) is 24.9. The van der Waals surface area contributed by atoms with E-state index in [1.54, 1.807) is 34.6 Å². The van der Waals surface area contributed by atoms with E-state index >= 15 is 8.42 Å². The molecule has 0 amide bonds. The fourth-order valence-electron chi connectivity index (χ4n) is 11.6. The van der Waals surface area contributed by atoms with Gasteiger partial charge in [-0.1, -0.05) is 152 Å². The second-order valence-corrected chi connectivity index (χ2v) is 27.0. The lowest BCUT2D eigenvalue weighted by Gasteiger charge is -2.44. The lowest BCUT2D eigenvalue weighted by Crippen LogP contribution is -2.66. The van der Waals surface area contributed by atoms with Gasteiger partial charge in [0.25, 0.3) is 18.3 Å². The van der Waals surface area contributed by atoms with E-state index < -0.39 is 59.1 Å². The number of aryl methyl sites for hydroxylation is 2. The topological polar surface area (TPSA) is 90.0 Å². The van der Waals surface area contributed by atoms with Gasteiger partial charge >= 0.3 is 5.97 Å². The summed E-state index contributed by atoms with van der Waals surface area (Å²) in [6.07, 6.45) is 2.18. The summed E-state index contributed by atoms with van der Waals surface area (Å²) in [5.74, 6) is -2.27. The van der Waals surface area contributed by atoms with Crippen molar-refractivity contribution in [1.29, 1.82) is 0 Å². The number of fused-ring (bicyclic) bond motifs is 2. The summed E-state index contributed by atoms with van der Waals surface area (Å²) in [4.78, 5) is 29.0. The van der Waals surface area contributed by atoms with Gasteiger partial charge < -0.3 is 9.16 Å². The van der Waals surface area contributed by atoms with E-state index in [-0.39, 0.29) is 33.5 Å². The van der Waals surface area contributed by atoms with Gasteiger partial charge in [0.1, 0.15) is 17.8 Å². The number of ketones is 1. The van der Waals surface area contributed by atoms with Crippen LogP contribution >= 0.6 is 0 Å². The lowest BCUT2D eigenvalue weighted by molar-refractivity contribution is -0.165. The van der Waals surface area contributed by atoms with Crippen LogP contribution in [-0.2, 0) is 28.8 Å².